The number of amides is 1. The van der Waals surface area contributed by atoms with E-state index >= 15 is 0 Å². The molecule has 1 aliphatic rings. The quantitative estimate of drug-likeness (QED) is 0.663. The zero-order valence-corrected chi connectivity index (χ0v) is 17.0. The van der Waals surface area contributed by atoms with Crippen molar-refractivity contribution in [3.8, 4) is 10.6 Å². The Morgan fingerprint density at radius 2 is 1.96 bits per heavy atom. The molecule has 1 N–H and O–H groups in total. The number of para-hydroxylation sites is 2. The summed E-state index contributed by atoms with van der Waals surface area (Å²) < 4.78 is 5.44. The lowest BCUT2D eigenvalue weighted by Crippen LogP contribution is -2.36. The molecule has 1 saturated heterocycles. The number of aromatic nitrogens is 1. The molecule has 0 unspecified atom stereocenters. The predicted molar refractivity (Wildman–Crippen MR) is 115 cm³/mol. The van der Waals surface area contributed by atoms with Gasteiger partial charge in [-0.3, -0.25) is 4.79 Å². The summed E-state index contributed by atoms with van der Waals surface area (Å²) in [6.45, 7) is 4.86. The molecule has 0 spiro atoms. The van der Waals surface area contributed by atoms with Gasteiger partial charge in [0.15, 0.2) is 0 Å². The summed E-state index contributed by atoms with van der Waals surface area (Å²) >= 11 is 7.46. The molecule has 4 rings (SSSR count). The molecule has 1 amide bonds. The fourth-order valence-corrected chi connectivity index (χ4v) is 4.34. The monoisotopic (exact) mass is 413 g/mol. The van der Waals surface area contributed by atoms with E-state index in [0.29, 0.717) is 28.8 Å². The number of ether oxygens (including phenoxy) is 1. The Kier molecular flexibility index (Phi) is 5.62. The topological polar surface area (TPSA) is 54.5 Å². The summed E-state index contributed by atoms with van der Waals surface area (Å²) in [7, 11) is 0. The normalized spacial score (nSPS) is 14.1. The molecule has 7 heteroatoms. The highest BCUT2D eigenvalue weighted by molar-refractivity contribution is 7.17. The van der Waals surface area contributed by atoms with Crippen LogP contribution < -0.4 is 10.2 Å². The number of aryl methyl sites for hydroxylation is 1. The first kappa shape index (κ1) is 18.9. The van der Waals surface area contributed by atoms with Crippen LogP contribution in [-0.4, -0.2) is 37.2 Å². The van der Waals surface area contributed by atoms with Gasteiger partial charge in [0.05, 0.1) is 30.3 Å². The van der Waals surface area contributed by atoms with E-state index in [4.69, 9.17) is 16.3 Å². The largest absolute Gasteiger partial charge is 0.378 e. The Balaban J connectivity index is 1.58. The molecule has 2 heterocycles. The second-order valence-corrected chi connectivity index (χ2v) is 7.95. The fraction of sp³-hybridized carbons (Fsp3) is 0.238. The van der Waals surface area contributed by atoms with E-state index in [1.165, 1.54) is 11.3 Å². The number of hydrogen-bond acceptors (Lipinski definition) is 5. The molecule has 144 valence electrons. The molecule has 0 saturated carbocycles. The summed E-state index contributed by atoms with van der Waals surface area (Å²) in [6.07, 6.45) is 0. The van der Waals surface area contributed by atoms with Crippen molar-refractivity contribution in [2.45, 2.75) is 6.92 Å². The van der Waals surface area contributed by atoms with Crippen molar-refractivity contribution >= 4 is 40.2 Å². The maximum Gasteiger partial charge on any atom is 0.267 e. The smallest absolute Gasteiger partial charge is 0.267 e. The van der Waals surface area contributed by atoms with E-state index in [1.54, 1.807) is 0 Å². The number of benzene rings is 2. The molecule has 0 radical (unpaired) electrons. The minimum absolute atomic E-state index is 0.149. The first-order chi connectivity index (χ1) is 13.6. The molecule has 2 aromatic carbocycles. The van der Waals surface area contributed by atoms with Crippen LogP contribution in [0, 0.1) is 6.92 Å². The Morgan fingerprint density at radius 3 is 2.75 bits per heavy atom. The lowest BCUT2D eigenvalue weighted by atomic mass is 10.2. The number of nitrogens with one attached hydrogen (secondary N) is 1. The van der Waals surface area contributed by atoms with Crippen molar-refractivity contribution < 1.29 is 9.53 Å². The lowest BCUT2D eigenvalue weighted by molar-refractivity contribution is 0.103. The van der Waals surface area contributed by atoms with E-state index in [1.807, 2.05) is 55.5 Å². The number of rotatable bonds is 4. The molecular weight excluding hydrogens is 394 g/mol. The van der Waals surface area contributed by atoms with Crippen molar-refractivity contribution in [1.82, 2.24) is 4.98 Å². The van der Waals surface area contributed by atoms with Crippen LogP contribution in [0.2, 0.25) is 5.02 Å². The van der Waals surface area contributed by atoms with Gasteiger partial charge in [0.25, 0.3) is 5.91 Å². The van der Waals surface area contributed by atoms with E-state index in [0.717, 1.165) is 35.0 Å². The number of morpholine rings is 1. The van der Waals surface area contributed by atoms with Gasteiger partial charge in [0.2, 0.25) is 0 Å². The number of halogens is 1. The first-order valence-corrected chi connectivity index (χ1v) is 10.3. The van der Waals surface area contributed by atoms with Crippen molar-refractivity contribution in [3.05, 3.63) is 64.1 Å². The van der Waals surface area contributed by atoms with Crippen LogP contribution in [0.1, 0.15) is 15.4 Å². The minimum Gasteiger partial charge on any atom is -0.378 e. The third-order valence-electron chi connectivity index (χ3n) is 4.58. The Labute approximate surface area is 172 Å². The summed E-state index contributed by atoms with van der Waals surface area (Å²) in [5.74, 6) is -0.149. The molecule has 0 bridgehead atoms. The van der Waals surface area contributed by atoms with Crippen LogP contribution in [0.15, 0.2) is 48.5 Å². The van der Waals surface area contributed by atoms with Gasteiger partial charge in [0, 0.05) is 23.7 Å². The molecular formula is C21H20ClN3O2S. The third-order valence-corrected chi connectivity index (χ3v) is 6.02. The second-order valence-electron chi connectivity index (χ2n) is 6.51. The van der Waals surface area contributed by atoms with Gasteiger partial charge in [-0.05, 0) is 31.2 Å². The van der Waals surface area contributed by atoms with Crippen LogP contribution in [0.25, 0.3) is 10.6 Å². The van der Waals surface area contributed by atoms with Gasteiger partial charge < -0.3 is 15.0 Å². The van der Waals surface area contributed by atoms with Gasteiger partial charge >= 0.3 is 0 Å². The Bertz CT molecular complexity index is 999. The first-order valence-electron chi connectivity index (χ1n) is 9.08. The number of carbonyl (C=O) groups excluding carboxylic acids is 1. The highest BCUT2D eigenvalue weighted by atomic mass is 35.5. The summed E-state index contributed by atoms with van der Waals surface area (Å²) in [5, 5.41) is 4.50. The molecule has 0 aliphatic carbocycles. The Morgan fingerprint density at radius 1 is 1.18 bits per heavy atom. The highest BCUT2D eigenvalue weighted by Gasteiger charge is 2.20. The van der Waals surface area contributed by atoms with E-state index in [-0.39, 0.29) is 5.91 Å². The molecule has 3 aromatic rings. The second kappa shape index (κ2) is 8.31. The van der Waals surface area contributed by atoms with Crippen LogP contribution in [0.5, 0.6) is 0 Å². The average molecular weight is 414 g/mol. The third kappa shape index (κ3) is 4.04. The number of carbonyl (C=O) groups is 1. The molecule has 1 aromatic heterocycles. The fourth-order valence-electron chi connectivity index (χ4n) is 3.19. The van der Waals surface area contributed by atoms with E-state index in [2.05, 4.69) is 15.2 Å². The van der Waals surface area contributed by atoms with Crippen LogP contribution in [0.3, 0.4) is 0 Å². The van der Waals surface area contributed by atoms with Crippen LogP contribution in [0.4, 0.5) is 11.4 Å². The zero-order valence-electron chi connectivity index (χ0n) is 15.4. The van der Waals surface area contributed by atoms with Gasteiger partial charge in [-0.15, -0.1) is 11.3 Å². The van der Waals surface area contributed by atoms with Crippen molar-refractivity contribution in [2.24, 2.45) is 0 Å². The molecule has 0 atom stereocenters. The maximum atomic E-state index is 13.0. The zero-order chi connectivity index (χ0) is 19.5. The molecule has 1 fully saturated rings. The average Bonchev–Trinajstić information content (AvgIpc) is 3.11. The molecule has 5 nitrogen and oxygen atoms in total. The summed E-state index contributed by atoms with van der Waals surface area (Å²) in [5.41, 5.74) is 3.43. The number of hydrogen-bond donors (Lipinski definition) is 1. The van der Waals surface area contributed by atoms with Crippen molar-refractivity contribution in [2.75, 3.05) is 36.5 Å². The number of nitrogens with zero attached hydrogens (tertiary/aromatic N) is 2. The molecule has 28 heavy (non-hydrogen) atoms. The van der Waals surface area contributed by atoms with Gasteiger partial charge in [-0.25, -0.2) is 4.98 Å². The summed E-state index contributed by atoms with van der Waals surface area (Å²) in [6, 6.07) is 15.4. The van der Waals surface area contributed by atoms with Crippen molar-refractivity contribution in [3.63, 3.8) is 0 Å². The SMILES string of the molecule is Cc1nc(-c2cccc(Cl)c2)sc1C(=O)Nc1ccccc1N1CCOCC1. The maximum absolute atomic E-state index is 13.0. The van der Waals surface area contributed by atoms with Crippen LogP contribution in [-0.2, 0) is 4.74 Å². The standard InChI is InChI=1S/C21H20ClN3O2S/c1-14-19(28-21(23-14)15-5-4-6-16(22)13-15)20(26)24-17-7-2-3-8-18(17)25-9-11-27-12-10-25/h2-8,13H,9-12H2,1H3,(H,24,26). The predicted octanol–water partition coefficient (Wildman–Crippen LogP) is 4.86. The highest BCUT2D eigenvalue weighted by Crippen LogP contribution is 2.31. The van der Waals surface area contributed by atoms with Gasteiger partial charge in [-0.1, -0.05) is 35.9 Å². The van der Waals surface area contributed by atoms with E-state index in [9.17, 15) is 4.79 Å². The van der Waals surface area contributed by atoms with Gasteiger partial charge in [-0.2, -0.15) is 0 Å². The van der Waals surface area contributed by atoms with Crippen LogP contribution >= 0.6 is 22.9 Å². The van der Waals surface area contributed by atoms with Crippen molar-refractivity contribution in [1.29, 1.82) is 0 Å². The molecule has 1 aliphatic heterocycles. The number of thiazole rings is 1. The lowest BCUT2D eigenvalue weighted by Gasteiger charge is -2.30. The number of anilines is 2. The summed E-state index contributed by atoms with van der Waals surface area (Å²) in [4.78, 5) is 20.4. The Hall–Kier alpha value is -2.41. The van der Waals surface area contributed by atoms with Gasteiger partial charge in [0.1, 0.15) is 9.88 Å². The van der Waals surface area contributed by atoms with E-state index < -0.39 is 0 Å². The minimum atomic E-state index is -0.149.